The van der Waals surface area contributed by atoms with Crippen LogP contribution in [0.1, 0.15) is 0 Å². The highest BCUT2D eigenvalue weighted by Crippen LogP contribution is 2.05. The molecular formula is C4H3N3O4. The Morgan fingerprint density at radius 2 is 2.00 bits per heavy atom. The summed E-state index contributed by atoms with van der Waals surface area (Å²) in [6.07, 6.45) is 0. The quantitative estimate of drug-likeness (QED) is 0.554. The fourth-order valence-corrected chi connectivity index (χ4v) is 0.561. The normalized spacial score (nSPS) is 21.5. The standard InChI is InChI=1S/C4H3N3O4/c8-3(9)1-2(4(10)11)6-7-5-1/h1H,(H,8,9)(H,10,11)/t1-/m1/s1. The van der Waals surface area contributed by atoms with Gasteiger partial charge in [0.1, 0.15) is 0 Å². The molecule has 0 amide bonds. The summed E-state index contributed by atoms with van der Waals surface area (Å²) in [5.41, 5.74) is -0.558. The minimum atomic E-state index is -1.45. The van der Waals surface area contributed by atoms with Gasteiger partial charge in [-0.25, -0.2) is 9.59 Å². The third-order valence-electron chi connectivity index (χ3n) is 1.03. The van der Waals surface area contributed by atoms with Crippen molar-refractivity contribution in [1.29, 1.82) is 0 Å². The average Bonchev–Trinajstić information content (AvgIpc) is 2.32. The van der Waals surface area contributed by atoms with E-state index in [9.17, 15) is 9.59 Å². The van der Waals surface area contributed by atoms with Crippen LogP contribution in [-0.4, -0.2) is 33.9 Å². The lowest BCUT2D eigenvalue weighted by atomic mass is 10.2. The van der Waals surface area contributed by atoms with Crippen LogP contribution in [-0.2, 0) is 9.59 Å². The number of carbonyl (C=O) groups is 2. The van der Waals surface area contributed by atoms with Crippen LogP contribution in [0.5, 0.6) is 0 Å². The molecule has 0 fully saturated rings. The van der Waals surface area contributed by atoms with E-state index in [0.717, 1.165) is 0 Å². The summed E-state index contributed by atoms with van der Waals surface area (Å²) in [6.45, 7) is 0. The highest BCUT2D eigenvalue weighted by atomic mass is 16.4. The Bertz CT molecular complexity index is 269. The number of hydrogen-bond donors (Lipinski definition) is 2. The molecule has 11 heavy (non-hydrogen) atoms. The van der Waals surface area contributed by atoms with E-state index in [-0.39, 0.29) is 0 Å². The maximum Gasteiger partial charge on any atom is 0.355 e. The average molecular weight is 157 g/mol. The molecule has 0 saturated carbocycles. The summed E-state index contributed by atoms with van der Waals surface area (Å²) >= 11 is 0. The molecule has 2 N–H and O–H groups in total. The van der Waals surface area contributed by atoms with Gasteiger partial charge in [0.2, 0.25) is 6.04 Å². The molecular weight excluding hydrogens is 154 g/mol. The minimum Gasteiger partial charge on any atom is -0.479 e. The number of carboxylic acid groups (broad SMARTS) is 2. The lowest BCUT2D eigenvalue weighted by Crippen LogP contribution is -2.31. The fraction of sp³-hybridized carbons (Fsp3) is 0.250. The zero-order valence-corrected chi connectivity index (χ0v) is 5.13. The van der Waals surface area contributed by atoms with E-state index in [1.807, 2.05) is 0 Å². The summed E-state index contributed by atoms with van der Waals surface area (Å²) < 4.78 is 0. The number of carboxylic acids is 2. The molecule has 0 saturated heterocycles. The van der Waals surface area contributed by atoms with Crippen LogP contribution in [0.15, 0.2) is 15.4 Å². The molecule has 7 nitrogen and oxygen atoms in total. The molecule has 58 valence electrons. The van der Waals surface area contributed by atoms with Crippen LogP contribution in [0.3, 0.4) is 0 Å². The van der Waals surface area contributed by atoms with Crippen molar-refractivity contribution in [3.05, 3.63) is 0 Å². The Kier molecular flexibility index (Phi) is 1.63. The van der Waals surface area contributed by atoms with Crippen molar-refractivity contribution in [2.45, 2.75) is 6.04 Å². The van der Waals surface area contributed by atoms with E-state index in [2.05, 4.69) is 15.4 Å². The summed E-state index contributed by atoms with van der Waals surface area (Å²) in [7, 11) is 0. The van der Waals surface area contributed by atoms with Crippen LogP contribution < -0.4 is 0 Å². The van der Waals surface area contributed by atoms with Gasteiger partial charge in [0.25, 0.3) is 0 Å². The van der Waals surface area contributed by atoms with Gasteiger partial charge in [-0.05, 0) is 5.22 Å². The van der Waals surface area contributed by atoms with Crippen molar-refractivity contribution in [1.82, 2.24) is 0 Å². The van der Waals surface area contributed by atoms with Crippen LogP contribution in [0.4, 0.5) is 0 Å². The first kappa shape index (κ1) is 7.32. The molecule has 0 aliphatic carbocycles. The van der Waals surface area contributed by atoms with Gasteiger partial charge in [-0.15, -0.1) is 10.2 Å². The highest BCUT2D eigenvalue weighted by Gasteiger charge is 2.32. The molecule has 0 unspecified atom stereocenters. The van der Waals surface area contributed by atoms with Gasteiger partial charge in [-0.2, -0.15) is 0 Å². The maximum atomic E-state index is 10.2. The summed E-state index contributed by atoms with van der Waals surface area (Å²) in [6, 6.07) is -1.45. The largest absolute Gasteiger partial charge is 0.479 e. The van der Waals surface area contributed by atoms with E-state index in [0.29, 0.717) is 0 Å². The highest BCUT2D eigenvalue weighted by molar-refractivity contribution is 6.41. The molecule has 0 aromatic rings. The molecule has 1 aliphatic rings. The van der Waals surface area contributed by atoms with Gasteiger partial charge in [-0.1, -0.05) is 0 Å². The van der Waals surface area contributed by atoms with E-state index in [1.165, 1.54) is 0 Å². The van der Waals surface area contributed by atoms with Gasteiger partial charge in [-0.3, -0.25) is 0 Å². The Labute approximate surface area is 60.1 Å². The first-order valence-electron chi connectivity index (χ1n) is 2.56. The Balaban J connectivity index is 2.85. The van der Waals surface area contributed by atoms with Gasteiger partial charge < -0.3 is 10.2 Å². The number of rotatable bonds is 2. The van der Waals surface area contributed by atoms with Crippen molar-refractivity contribution in [2.75, 3.05) is 0 Å². The third-order valence-corrected chi connectivity index (χ3v) is 1.03. The van der Waals surface area contributed by atoms with Crippen molar-refractivity contribution in [3.8, 4) is 0 Å². The molecule has 1 atom stereocenters. The van der Waals surface area contributed by atoms with E-state index >= 15 is 0 Å². The van der Waals surface area contributed by atoms with Crippen molar-refractivity contribution >= 4 is 17.7 Å². The van der Waals surface area contributed by atoms with Gasteiger partial charge in [0.15, 0.2) is 5.71 Å². The summed E-state index contributed by atoms with van der Waals surface area (Å²) in [5.74, 6) is -2.78. The molecule has 0 aromatic heterocycles. The molecule has 0 aromatic carbocycles. The van der Waals surface area contributed by atoms with Crippen molar-refractivity contribution in [3.63, 3.8) is 0 Å². The van der Waals surface area contributed by atoms with Crippen molar-refractivity contribution in [2.24, 2.45) is 15.4 Å². The first-order valence-corrected chi connectivity index (χ1v) is 2.56. The molecule has 0 spiro atoms. The second kappa shape index (κ2) is 2.45. The second-order valence-corrected chi connectivity index (χ2v) is 1.74. The minimum absolute atomic E-state index is 0.558. The Morgan fingerprint density at radius 1 is 1.36 bits per heavy atom. The topological polar surface area (TPSA) is 112 Å². The van der Waals surface area contributed by atoms with Crippen LogP contribution in [0, 0.1) is 0 Å². The lowest BCUT2D eigenvalue weighted by Gasteiger charge is -1.96. The number of nitrogens with zero attached hydrogens (tertiary/aromatic N) is 3. The predicted molar refractivity (Wildman–Crippen MR) is 31.4 cm³/mol. The van der Waals surface area contributed by atoms with Crippen LogP contribution >= 0.6 is 0 Å². The van der Waals surface area contributed by atoms with Gasteiger partial charge in [0.05, 0.1) is 0 Å². The number of aliphatic carboxylic acids is 2. The predicted octanol–water partition coefficient (Wildman–Crippen LogP) is -0.654. The summed E-state index contributed by atoms with van der Waals surface area (Å²) in [5, 5.41) is 25.7. The Hall–Kier alpha value is -1.79. The van der Waals surface area contributed by atoms with Crippen LogP contribution in [0.2, 0.25) is 0 Å². The SMILES string of the molecule is O=C(O)C1=NN=N[C@H]1C(=O)O. The fourth-order valence-electron chi connectivity index (χ4n) is 0.561. The van der Waals surface area contributed by atoms with Crippen LogP contribution in [0.25, 0.3) is 0 Å². The van der Waals surface area contributed by atoms with Gasteiger partial charge in [0, 0.05) is 0 Å². The monoisotopic (exact) mass is 157 g/mol. The third kappa shape index (κ3) is 1.20. The maximum absolute atomic E-state index is 10.2. The molecule has 0 bridgehead atoms. The Morgan fingerprint density at radius 3 is 2.36 bits per heavy atom. The number of hydrogen-bond acceptors (Lipinski definition) is 5. The molecule has 1 heterocycles. The zero-order chi connectivity index (χ0) is 8.43. The van der Waals surface area contributed by atoms with E-state index in [4.69, 9.17) is 10.2 Å². The van der Waals surface area contributed by atoms with E-state index in [1.54, 1.807) is 0 Å². The smallest absolute Gasteiger partial charge is 0.355 e. The molecule has 0 radical (unpaired) electrons. The first-order chi connectivity index (χ1) is 5.13. The lowest BCUT2D eigenvalue weighted by molar-refractivity contribution is -0.138. The molecule has 1 rings (SSSR count). The molecule has 1 aliphatic heterocycles. The second-order valence-electron chi connectivity index (χ2n) is 1.74. The zero-order valence-electron chi connectivity index (χ0n) is 5.13. The van der Waals surface area contributed by atoms with Gasteiger partial charge >= 0.3 is 11.9 Å². The molecule has 7 heteroatoms. The summed E-state index contributed by atoms with van der Waals surface area (Å²) in [4.78, 5) is 20.4. The van der Waals surface area contributed by atoms with Crippen molar-refractivity contribution < 1.29 is 19.8 Å². The van der Waals surface area contributed by atoms with E-state index < -0.39 is 23.7 Å².